The number of nitrogens with one attached hydrogen (secondary N) is 1. The molecule has 0 bridgehead atoms. The average molecular weight is 560 g/mol. The molecule has 2 aliphatic rings. The third-order valence-corrected chi connectivity index (χ3v) is 6.17. The Hall–Kier alpha value is -4.12. The van der Waals surface area contributed by atoms with Crippen LogP contribution in [0.2, 0.25) is 5.02 Å². The molecule has 39 heavy (non-hydrogen) atoms. The van der Waals surface area contributed by atoms with Crippen molar-refractivity contribution in [3.8, 4) is 0 Å². The lowest BCUT2D eigenvalue weighted by molar-refractivity contribution is -0.130. The normalized spacial score (nSPS) is 17.8. The number of rotatable bonds is 6. The largest absolute Gasteiger partial charge is 0.476 e. The Kier molecular flexibility index (Phi) is 8.70. The quantitative estimate of drug-likeness (QED) is 0.476. The Labute approximate surface area is 228 Å². The number of carbonyl (C=O) groups excluding carboxylic acids is 2. The zero-order valence-corrected chi connectivity index (χ0v) is 21.4. The van der Waals surface area contributed by atoms with Crippen LogP contribution in [0.25, 0.3) is 0 Å². The number of anilines is 2. The first-order chi connectivity index (χ1) is 18.6. The Morgan fingerprint density at radius 1 is 1.10 bits per heavy atom. The topological polar surface area (TPSA) is 87.7 Å². The van der Waals surface area contributed by atoms with Crippen molar-refractivity contribution in [1.29, 1.82) is 0 Å². The number of alkyl halides is 2. The molecule has 0 spiro atoms. The Balaban J connectivity index is 0.000000438. The van der Waals surface area contributed by atoms with Gasteiger partial charge in [-0.3, -0.25) is 14.5 Å². The molecule has 0 unspecified atom stereocenters. The highest BCUT2D eigenvalue weighted by Gasteiger charge is 2.46. The minimum absolute atomic E-state index is 0.0851. The molecule has 1 N–H and O–H groups in total. The Morgan fingerprint density at radius 3 is 2.38 bits per heavy atom. The second-order valence-electron chi connectivity index (χ2n) is 8.87. The summed E-state index contributed by atoms with van der Waals surface area (Å²) in [7, 11) is 0. The lowest BCUT2D eigenvalue weighted by atomic mass is 9.88. The molecule has 0 radical (unpaired) electrons. The summed E-state index contributed by atoms with van der Waals surface area (Å²) in [5.74, 6) is -4.30. The molecule has 3 aromatic rings. The molecule has 8 nitrogen and oxygen atoms in total. The van der Waals surface area contributed by atoms with E-state index in [1.165, 1.54) is 35.5 Å². The molecule has 2 aromatic carbocycles. The van der Waals surface area contributed by atoms with Gasteiger partial charge in [-0.25, -0.2) is 23.1 Å². The highest BCUT2D eigenvalue weighted by Crippen LogP contribution is 2.37. The number of hydrogen-bond donors (Lipinski definition) is 1. The summed E-state index contributed by atoms with van der Waals surface area (Å²) in [4.78, 5) is 36.7. The van der Waals surface area contributed by atoms with Gasteiger partial charge in [0.05, 0.1) is 0 Å². The van der Waals surface area contributed by atoms with Crippen molar-refractivity contribution in [3.63, 3.8) is 0 Å². The number of carbonyl (C=O) groups is 2. The summed E-state index contributed by atoms with van der Waals surface area (Å²) in [6, 6.07) is 14.6. The van der Waals surface area contributed by atoms with E-state index in [0.29, 0.717) is 0 Å². The molecule has 204 valence electrons. The molecule has 2 amide bonds. The van der Waals surface area contributed by atoms with Crippen LogP contribution in [0.3, 0.4) is 0 Å². The van der Waals surface area contributed by atoms with Crippen LogP contribution in [0, 0.1) is 5.82 Å². The number of nitrogens with zero attached hydrogens (tertiary/aromatic N) is 4. The van der Waals surface area contributed by atoms with Crippen LogP contribution in [-0.2, 0) is 14.3 Å². The predicted octanol–water partition coefficient (Wildman–Crippen LogP) is 4.58. The minimum Gasteiger partial charge on any atom is -0.476 e. The summed E-state index contributed by atoms with van der Waals surface area (Å²) in [5, 5.41) is 3.28. The molecule has 1 saturated heterocycles. The van der Waals surface area contributed by atoms with Gasteiger partial charge in [-0.05, 0) is 43.0 Å². The maximum atomic E-state index is 13.9. The molecule has 1 saturated carbocycles. The molecule has 12 heteroatoms. The van der Waals surface area contributed by atoms with Crippen molar-refractivity contribution in [1.82, 2.24) is 15.3 Å². The van der Waals surface area contributed by atoms with E-state index in [1.54, 1.807) is 6.07 Å². The third-order valence-electron chi connectivity index (χ3n) is 5.92. The number of benzene rings is 2. The van der Waals surface area contributed by atoms with Crippen LogP contribution in [-0.4, -0.2) is 52.9 Å². The summed E-state index contributed by atoms with van der Waals surface area (Å²) < 4.78 is 45.5. The number of ether oxygens (including phenoxy) is 1. The molecule has 1 atom stereocenters. The van der Waals surface area contributed by atoms with Crippen LogP contribution < -0.4 is 15.1 Å². The van der Waals surface area contributed by atoms with E-state index >= 15 is 0 Å². The monoisotopic (exact) mass is 559 g/mol. The van der Waals surface area contributed by atoms with E-state index in [-0.39, 0.29) is 24.1 Å². The van der Waals surface area contributed by atoms with Crippen LogP contribution in [0.15, 0.2) is 85.5 Å². The first-order valence-corrected chi connectivity index (χ1v) is 12.3. The smallest absolute Gasteiger partial charge is 0.254 e. The van der Waals surface area contributed by atoms with Crippen LogP contribution in [0.4, 0.5) is 24.8 Å². The summed E-state index contributed by atoms with van der Waals surface area (Å²) >= 11 is 5.54. The lowest BCUT2D eigenvalue weighted by Gasteiger charge is -2.36. The molecular weight excluding hydrogens is 535 g/mol. The van der Waals surface area contributed by atoms with E-state index in [4.69, 9.17) is 16.3 Å². The fraction of sp³-hybridized carbons (Fsp3) is 0.259. The standard InChI is InChI=1S/C21H20F3N5O3.C6H5Cl/c1-13-29(20-25-6-3-7-26-20)17(12-32-13)19(31)28(16-5-2-4-14(22)8-16)11-18(30)27-15-9-21(23,24)10-15;7-6-4-2-1-3-5-6/h2-8,15,17H,1,9-12H2,(H,27,30);1-5H/t17-;/m0./s1. The van der Waals surface area contributed by atoms with Gasteiger partial charge in [0, 0.05) is 42.0 Å². The maximum Gasteiger partial charge on any atom is 0.254 e. The molecule has 1 aliphatic heterocycles. The van der Waals surface area contributed by atoms with Crippen molar-refractivity contribution in [2.24, 2.45) is 0 Å². The Morgan fingerprint density at radius 2 is 1.79 bits per heavy atom. The van der Waals surface area contributed by atoms with Gasteiger partial charge in [0.1, 0.15) is 19.0 Å². The third kappa shape index (κ3) is 7.26. The SMILES string of the molecule is C=C1OC[C@@H](C(=O)N(CC(=O)NC2CC(F)(F)C2)c2cccc(F)c2)N1c1ncccn1.Clc1ccccc1. The van der Waals surface area contributed by atoms with Crippen molar-refractivity contribution < 1.29 is 27.5 Å². The van der Waals surface area contributed by atoms with Gasteiger partial charge >= 0.3 is 0 Å². The first kappa shape index (κ1) is 27.9. The second-order valence-corrected chi connectivity index (χ2v) is 9.30. The van der Waals surface area contributed by atoms with Crippen molar-refractivity contribution >= 4 is 35.1 Å². The van der Waals surface area contributed by atoms with Crippen molar-refractivity contribution in [2.45, 2.75) is 30.8 Å². The van der Waals surface area contributed by atoms with E-state index in [1.807, 2.05) is 30.3 Å². The van der Waals surface area contributed by atoms with Crippen molar-refractivity contribution in [2.75, 3.05) is 23.0 Å². The van der Waals surface area contributed by atoms with E-state index in [9.17, 15) is 22.8 Å². The number of aromatic nitrogens is 2. The van der Waals surface area contributed by atoms with Gasteiger partial charge in [-0.2, -0.15) is 0 Å². The molecule has 1 aromatic heterocycles. The average Bonchev–Trinajstić information content (AvgIpc) is 3.28. The van der Waals surface area contributed by atoms with Gasteiger partial charge in [0.25, 0.3) is 11.8 Å². The molecule has 2 fully saturated rings. The molecule has 1 aliphatic carbocycles. The zero-order valence-electron chi connectivity index (χ0n) is 20.6. The minimum atomic E-state index is -2.80. The summed E-state index contributed by atoms with van der Waals surface area (Å²) in [6.45, 7) is 3.19. The summed E-state index contributed by atoms with van der Waals surface area (Å²) in [5.41, 5.74) is 0.135. The molecule has 2 heterocycles. The first-order valence-electron chi connectivity index (χ1n) is 12.0. The number of halogens is 4. The predicted molar refractivity (Wildman–Crippen MR) is 140 cm³/mol. The highest BCUT2D eigenvalue weighted by molar-refractivity contribution is 6.30. The van der Waals surface area contributed by atoms with Gasteiger partial charge in [0.15, 0.2) is 11.9 Å². The Bertz CT molecular complexity index is 1310. The fourth-order valence-corrected chi connectivity index (χ4v) is 4.20. The highest BCUT2D eigenvalue weighted by atomic mass is 35.5. The van der Waals surface area contributed by atoms with E-state index < -0.39 is 55.0 Å². The maximum absolute atomic E-state index is 13.9. The molecular formula is C27H25ClF3N5O3. The lowest BCUT2D eigenvalue weighted by Crippen LogP contribution is -2.55. The second kappa shape index (κ2) is 12.2. The zero-order chi connectivity index (χ0) is 28.0. The van der Waals surface area contributed by atoms with Crippen LogP contribution in [0.5, 0.6) is 0 Å². The summed E-state index contributed by atoms with van der Waals surface area (Å²) in [6.07, 6.45) is 2.06. The van der Waals surface area contributed by atoms with Gasteiger partial charge < -0.3 is 15.0 Å². The molecule has 5 rings (SSSR count). The van der Waals surface area contributed by atoms with Crippen LogP contribution in [0.1, 0.15) is 12.8 Å². The van der Waals surface area contributed by atoms with Crippen LogP contribution >= 0.6 is 11.6 Å². The van der Waals surface area contributed by atoms with Crippen molar-refractivity contribution in [3.05, 3.63) is 96.4 Å². The van der Waals surface area contributed by atoms with Gasteiger partial charge in [-0.15, -0.1) is 0 Å². The number of amides is 2. The van der Waals surface area contributed by atoms with Gasteiger partial charge in [-0.1, -0.05) is 35.9 Å². The fourth-order valence-electron chi connectivity index (χ4n) is 4.06. The van der Waals surface area contributed by atoms with Gasteiger partial charge in [0.2, 0.25) is 11.9 Å². The number of hydrogen-bond acceptors (Lipinski definition) is 6. The van der Waals surface area contributed by atoms with E-state index in [0.717, 1.165) is 16.0 Å². The van der Waals surface area contributed by atoms with E-state index in [2.05, 4.69) is 21.9 Å².